The summed E-state index contributed by atoms with van der Waals surface area (Å²) in [5, 5.41) is 6.84. The number of hydrogen-bond acceptors (Lipinski definition) is 4. The molecule has 1 aromatic heterocycles. The van der Waals surface area contributed by atoms with Gasteiger partial charge in [0.05, 0.1) is 5.69 Å². The molecular formula is C17H21N3S. The van der Waals surface area contributed by atoms with Crippen molar-refractivity contribution in [2.45, 2.75) is 32.2 Å². The van der Waals surface area contributed by atoms with Crippen molar-refractivity contribution in [1.82, 2.24) is 10.3 Å². The van der Waals surface area contributed by atoms with Gasteiger partial charge in [-0.1, -0.05) is 12.1 Å². The first-order valence-corrected chi connectivity index (χ1v) is 8.81. The quantitative estimate of drug-likeness (QED) is 0.920. The third kappa shape index (κ3) is 2.70. The molecule has 110 valence electrons. The normalized spacial score (nSPS) is 18.6. The van der Waals surface area contributed by atoms with E-state index in [9.17, 15) is 0 Å². The highest BCUT2D eigenvalue weighted by Crippen LogP contribution is 2.30. The van der Waals surface area contributed by atoms with Gasteiger partial charge in [-0.2, -0.15) is 0 Å². The summed E-state index contributed by atoms with van der Waals surface area (Å²) in [7, 11) is 0. The second-order valence-corrected chi connectivity index (χ2v) is 6.81. The number of benzene rings is 1. The molecule has 0 atom stereocenters. The lowest BCUT2D eigenvalue weighted by Gasteiger charge is -2.25. The zero-order chi connectivity index (χ0) is 14.1. The van der Waals surface area contributed by atoms with Crippen LogP contribution in [0.1, 0.15) is 30.4 Å². The van der Waals surface area contributed by atoms with Crippen molar-refractivity contribution in [1.29, 1.82) is 0 Å². The Kier molecular flexibility index (Phi) is 3.65. The molecule has 0 bridgehead atoms. The number of hydrogen-bond donors (Lipinski definition) is 1. The van der Waals surface area contributed by atoms with Gasteiger partial charge in [0.15, 0.2) is 5.13 Å². The first-order chi connectivity index (χ1) is 10.4. The highest BCUT2D eigenvalue weighted by molar-refractivity contribution is 7.14. The van der Waals surface area contributed by atoms with E-state index in [0.29, 0.717) is 0 Å². The Balaban J connectivity index is 1.60. The Morgan fingerprint density at radius 1 is 1.10 bits per heavy atom. The lowest BCUT2D eigenvalue weighted by Crippen LogP contribution is -2.29. The molecule has 3 heterocycles. The molecule has 21 heavy (non-hydrogen) atoms. The number of fused-ring (bicyclic) bond motifs is 1. The summed E-state index contributed by atoms with van der Waals surface area (Å²) in [5.74, 6) is 0. The molecule has 3 nitrogen and oxygen atoms in total. The van der Waals surface area contributed by atoms with Crippen LogP contribution in [0, 0.1) is 0 Å². The summed E-state index contributed by atoms with van der Waals surface area (Å²) in [6, 6.07) is 6.82. The lowest BCUT2D eigenvalue weighted by atomic mass is 9.98. The van der Waals surface area contributed by atoms with Crippen LogP contribution in [-0.4, -0.2) is 24.6 Å². The van der Waals surface area contributed by atoms with Gasteiger partial charge in [0, 0.05) is 30.6 Å². The number of thiazole rings is 1. The average Bonchev–Trinajstić information content (AvgIpc) is 3.05. The molecule has 2 aliphatic rings. The van der Waals surface area contributed by atoms with Gasteiger partial charge in [-0.05, 0) is 49.4 Å². The molecule has 0 amide bonds. The second kappa shape index (κ2) is 5.78. The summed E-state index contributed by atoms with van der Waals surface area (Å²) in [5.41, 5.74) is 5.34. The summed E-state index contributed by atoms with van der Waals surface area (Å²) in [4.78, 5) is 7.33. The van der Waals surface area contributed by atoms with Gasteiger partial charge in [-0.25, -0.2) is 4.98 Å². The van der Waals surface area contributed by atoms with Crippen molar-refractivity contribution >= 4 is 16.5 Å². The summed E-state index contributed by atoms with van der Waals surface area (Å²) in [6.45, 7) is 4.43. The zero-order valence-electron chi connectivity index (χ0n) is 12.3. The molecule has 1 fully saturated rings. The van der Waals surface area contributed by atoms with Gasteiger partial charge < -0.3 is 10.2 Å². The minimum absolute atomic E-state index is 1.01. The number of nitrogens with one attached hydrogen (secondary N) is 1. The largest absolute Gasteiger partial charge is 0.348 e. The standard InChI is InChI=1S/C17H21N3S/c1-2-8-20(9-3-1)17-19-16(12-21-17)14-4-5-15-11-18-7-6-13(15)10-14/h4-5,10,12,18H,1-3,6-9,11H2. The van der Waals surface area contributed by atoms with Crippen molar-refractivity contribution < 1.29 is 0 Å². The topological polar surface area (TPSA) is 28.2 Å². The van der Waals surface area contributed by atoms with E-state index >= 15 is 0 Å². The van der Waals surface area contributed by atoms with Crippen LogP contribution < -0.4 is 10.2 Å². The number of piperidine rings is 1. The highest BCUT2D eigenvalue weighted by atomic mass is 32.1. The van der Waals surface area contributed by atoms with Crippen molar-refractivity contribution in [3.63, 3.8) is 0 Å². The SMILES string of the molecule is c1cc2c(cc1-c1csc(N3CCCCC3)n1)CCNC2. The predicted octanol–water partition coefficient (Wildman–Crippen LogP) is 3.45. The Morgan fingerprint density at radius 2 is 2.00 bits per heavy atom. The van der Waals surface area contributed by atoms with Crippen molar-refractivity contribution in [2.24, 2.45) is 0 Å². The minimum Gasteiger partial charge on any atom is -0.348 e. The van der Waals surface area contributed by atoms with E-state index in [2.05, 4.69) is 33.8 Å². The van der Waals surface area contributed by atoms with Crippen LogP contribution in [0.2, 0.25) is 0 Å². The van der Waals surface area contributed by atoms with Crippen LogP contribution in [0.5, 0.6) is 0 Å². The molecule has 1 N–H and O–H groups in total. The van der Waals surface area contributed by atoms with Crippen molar-refractivity contribution in [3.8, 4) is 11.3 Å². The Bertz CT molecular complexity index is 629. The second-order valence-electron chi connectivity index (χ2n) is 5.97. The molecular weight excluding hydrogens is 278 g/mol. The summed E-state index contributed by atoms with van der Waals surface area (Å²) >= 11 is 1.79. The van der Waals surface area contributed by atoms with Crippen LogP contribution >= 0.6 is 11.3 Å². The van der Waals surface area contributed by atoms with E-state index in [1.165, 1.54) is 54.2 Å². The van der Waals surface area contributed by atoms with Crippen LogP contribution in [-0.2, 0) is 13.0 Å². The van der Waals surface area contributed by atoms with E-state index in [1.807, 2.05) is 0 Å². The van der Waals surface area contributed by atoms with Gasteiger partial charge in [-0.3, -0.25) is 0 Å². The van der Waals surface area contributed by atoms with E-state index in [-0.39, 0.29) is 0 Å². The maximum Gasteiger partial charge on any atom is 0.185 e. The maximum atomic E-state index is 4.88. The van der Waals surface area contributed by atoms with Gasteiger partial charge in [0.2, 0.25) is 0 Å². The Labute approximate surface area is 130 Å². The monoisotopic (exact) mass is 299 g/mol. The van der Waals surface area contributed by atoms with Gasteiger partial charge in [-0.15, -0.1) is 11.3 Å². The average molecular weight is 299 g/mol. The third-order valence-corrected chi connectivity index (χ3v) is 5.41. The fraction of sp³-hybridized carbons (Fsp3) is 0.471. The van der Waals surface area contributed by atoms with Crippen molar-refractivity contribution in [3.05, 3.63) is 34.7 Å². The van der Waals surface area contributed by atoms with E-state index in [4.69, 9.17) is 4.98 Å². The maximum absolute atomic E-state index is 4.88. The molecule has 4 rings (SSSR count). The molecule has 0 radical (unpaired) electrons. The molecule has 0 aliphatic carbocycles. The molecule has 1 aromatic carbocycles. The fourth-order valence-electron chi connectivity index (χ4n) is 3.26. The first kappa shape index (κ1) is 13.3. The van der Waals surface area contributed by atoms with Crippen LogP contribution in [0.15, 0.2) is 23.6 Å². The molecule has 0 spiro atoms. The first-order valence-electron chi connectivity index (χ1n) is 7.93. The Morgan fingerprint density at radius 3 is 2.90 bits per heavy atom. The molecule has 2 aromatic rings. The predicted molar refractivity (Wildman–Crippen MR) is 89.0 cm³/mol. The Hall–Kier alpha value is -1.39. The fourth-order valence-corrected chi connectivity index (χ4v) is 4.15. The van der Waals surface area contributed by atoms with Crippen molar-refractivity contribution in [2.75, 3.05) is 24.5 Å². The van der Waals surface area contributed by atoms with Gasteiger partial charge in [0.25, 0.3) is 0 Å². The highest BCUT2D eigenvalue weighted by Gasteiger charge is 2.16. The molecule has 4 heteroatoms. The van der Waals surface area contributed by atoms with Crippen LogP contribution in [0.3, 0.4) is 0 Å². The molecule has 0 saturated carbocycles. The minimum atomic E-state index is 1.01. The van der Waals surface area contributed by atoms with E-state index < -0.39 is 0 Å². The van der Waals surface area contributed by atoms with Crippen LogP contribution in [0.25, 0.3) is 11.3 Å². The zero-order valence-corrected chi connectivity index (χ0v) is 13.1. The number of rotatable bonds is 2. The van der Waals surface area contributed by atoms with Gasteiger partial charge >= 0.3 is 0 Å². The molecule has 2 aliphatic heterocycles. The summed E-state index contributed by atoms with van der Waals surface area (Å²) < 4.78 is 0. The van der Waals surface area contributed by atoms with E-state index in [1.54, 1.807) is 11.3 Å². The smallest absolute Gasteiger partial charge is 0.185 e. The third-order valence-electron chi connectivity index (χ3n) is 4.51. The lowest BCUT2D eigenvalue weighted by molar-refractivity contribution is 0.577. The molecule has 0 unspecified atom stereocenters. The number of anilines is 1. The van der Waals surface area contributed by atoms with E-state index in [0.717, 1.165) is 25.2 Å². The summed E-state index contributed by atoms with van der Waals surface area (Å²) in [6.07, 6.45) is 5.11. The number of aromatic nitrogens is 1. The number of nitrogens with zero attached hydrogens (tertiary/aromatic N) is 2. The molecule has 1 saturated heterocycles. The van der Waals surface area contributed by atoms with Crippen LogP contribution in [0.4, 0.5) is 5.13 Å². The van der Waals surface area contributed by atoms with Gasteiger partial charge in [0.1, 0.15) is 0 Å².